The van der Waals surface area contributed by atoms with Gasteiger partial charge in [-0.25, -0.2) is 9.59 Å². The van der Waals surface area contributed by atoms with E-state index in [1.54, 1.807) is 19.1 Å². The lowest BCUT2D eigenvalue weighted by molar-refractivity contribution is 0.0434. The molecule has 1 rings (SSSR count). The summed E-state index contributed by atoms with van der Waals surface area (Å²) in [4.78, 5) is 24.0. The number of carbonyl (C=O) groups is 2. The first-order valence-electron chi connectivity index (χ1n) is 6.96. The third kappa shape index (κ3) is 4.37. The quantitative estimate of drug-likeness (QED) is 0.750. The minimum absolute atomic E-state index is 0.249. The van der Waals surface area contributed by atoms with Gasteiger partial charge < -0.3 is 9.47 Å². The third-order valence-corrected chi connectivity index (χ3v) is 2.76. The summed E-state index contributed by atoms with van der Waals surface area (Å²) in [6.45, 7) is 8.24. The molecule has 4 heteroatoms. The standard InChI is InChI=1S/C16H22O4/c1-5-12-7-8-13(15(17)19-6-2)14(9-12)16(18)20-10-11(3)4/h7-9,11H,5-6,10H2,1-4H3. The number of carbonyl (C=O) groups excluding carboxylic acids is 2. The second-order valence-corrected chi connectivity index (χ2v) is 4.95. The number of ether oxygens (including phenoxy) is 2. The minimum Gasteiger partial charge on any atom is -0.462 e. The fourth-order valence-electron chi connectivity index (χ4n) is 1.69. The van der Waals surface area contributed by atoms with Crippen molar-refractivity contribution in [2.24, 2.45) is 5.92 Å². The van der Waals surface area contributed by atoms with Gasteiger partial charge in [-0.05, 0) is 37.0 Å². The molecule has 1 aromatic rings. The van der Waals surface area contributed by atoms with Gasteiger partial charge in [0.2, 0.25) is 0 Å². The highest BCUT2D eigenvalue weighted by Crippen LogP contribution is 2.16. The van der Waals surface area contributed by atoms with Crippen molar-refractivity contribution >= 4 is 11.9 Å². The van der Waals surface area contributed by atoms with E-state index in [4.69, 9.17) is 9.47 Å². The van der Waals surface area contributed by atoms with Crippen LogP contribution in [0, 0.1) is 5.92 Å². The van der Waals surface area contributed by atoms with Crippen LogP contribution in [0.25, 0.3) is 0 Å². The Kier molecular flexibility index (Phi) is 6.22. The zero-order chi connectivity index (χ0) is 15.1. The fraction of sp³-hybridized carbons (Fsp3) is 0.500. The van der Waals surface area contributed by atoms with Gasteiger partial charge in [-0.2, -0.15) is 0 Å². The molecule has 0 saturated carbocycles. The maximum absolute atomic E-state index is 12.1. The summed E-state index contributed by atoms with van der Waals surface area (Å²) >= 11 is 0. The second kappa shape index (κ2) is 7.68. The Morgan fingerprint density at radius 2 is 1.70 bits per heavy atom. The van der Waals surface area contributed by atoms with Gasteiger partial charge in [0, 0.05) is 0 Å². The number of benzene rings is 1. The zero-order valence-electron chi connectivity index (χ0n) is 12.6. The molecule has 0 unspecified atom stereocenters. The van der Waals surface area contributed by atoms with Crippen LogP contribution in [0.3, 0.4) is 0 Å². The highest BCUT2D eigenvalue weighted by Gasteiger charge is 2.20. The van der Waals surface area contributed by atoms with E-state index < -0.39 is 11.9 Å². The summed E-state index contributed by atoms with van der Waals surface area (Å²) in [5, 5.41) is 0. The number of aryl methyl sites for hydroxylation is 1. The van der Waals surface area contributed by atoms with E-state index in [-0.39, 0.29) is 23.7 Å². The normalized spacial score (nSPS) is 10.4. The van der Waals surface area contributed by atoms with Gasteiger partial charge >= 0.3 is 11.9 Å². The average molecular weight is 278 g/mol. The van der Waals surface area contributed by atoms with E-state index in [9.17, 15) is 9.59 Å². The molecule has 0 aliphatic heterocycles. The van der Waals surface area contributed by atoms with E-state index in [0.29, 0.717) is 6.61 Å². The van der Waals surface area contributed by atoms with Crippen LogP contribution in [0.4, 0.5) is 0 Å². The number of esters is 2. The first-order valence-corrected chi connectivity index (χ1v) is 6.96. The molecule has 1 aromatic carbocycles. The van der Waals surface area contributed by atoms with Crippen molar-refractivity contribution in [3.8, 4) is 0 Å². The number of rotatable bonds is 6. The SMILES string of the molecule is CCOC(=O)c1ccc(CC)cc1C(=O)OCC(C)C. The van der Waals surface area contributed by atoms with Crippen molar-refractivity contribution < 1.29 is 19.1 Å². The van der Waals surface area contributed by atoms with Crippen LogP contribution in [-0.4, -0.2) is 25.2 Å². The third-order valence-electron chi connectivity index (χ3n) is 2.76. The molecule has 0 fully saturated rings. The lowest BCUT2D eigenvalue weighted by Gasteiger charge is -2.11. The van der Waals surface area contributed by atoms with Crippen LogP contribution in [0.2, 0.25) is 0 Å². The summed E-state index contributed by atoms with van der Waals surface area (Å²) in [6, 6.07) is 5.16. The zero-order valence-corrected chi connectivity index (χ0v) is 12.6. The number of hydrogen-bond donors (Lipinski definition) is 0. The van der Waals surface area contributed by atoms with Gasteiger partial charge in [0.15, 0.2) is 0 Å². The molecule has 0 aliphatic carbocycles. The van der Waals surface area contributed by atoms with Crippen LogP contribution in [0.1, 0.15) is 54.0 Å². The average Bonchev–Trinajstić information content (AvgIpc) is 2.44. The van der Waals surface area contributed by atoms with E-state index in [2.05, 4.69) is 0 Å². The smallest absolute Gasteiger partial charge is 0.339 e. The monoisotopic (exact) mass is 278 g/mol. The van der Waals surface area contributed by atoms with E-state index >= 15 is 0 Å². The Balaban J connectivity index is 3.05. The molecular formula is C16H22O4. The second-order valence-electron chi connectivity index (χ2n) is 4.95. The lowest BCUT2D eigenvalue weighted by Crippen LogP contribution is -2.16. The Morgan fingerprint density at radius 1 is 1.05 bits per heavy atom. The van der Waals surface area contributed by atoms with Crippen molar-refractivity contribution in [1.82, 2.24) is 0 Å². The van der Waals surface area contributed by atoms with Crippen molar-refractivity contribution in [2.75, 3.05) is 13.2 Å². The van der Waals surface area contributed by atoms with Crippen molar-refractivity contribution in [1.29, 1.82) is 0 Å². The Hall–Kier alpha value is -1.84. The predicted molar refractivity (Wildman–Crippen MR) is 76.9 cm³/mol. The van der Waals surface area contributed by atoms with Crippen molar-refractivity contribution in [2.45, 2.75) is 34.1 Å². The lowest BCUT2D eigenvalue weighted by atomic mass is 10.0. The molecule has 0 aliphatic rings. The molecule has 0 radical (unpaired) electrons. The van der Waals surface area contributed by atoms with Crippen LogP contribution in [-0.2, 0) is 15.9 Å². The van der Waals surface area contributed by atoms with Crippen molar-refractivity contribution in [3.05, 3.63) is 34.9 Å². The van der Waals surface area contributed by atoms with Gasteiger partial charge in [0.05, 0.1) is 24.3 Å². The highest BCUT2D eigenvalue weighted by molar-refractivity contribution is 6.03. The van der Waals surface area contributed by atoms with Crippen LogP contribution in [0.5, 0.6) is 0 Å². The van der Waals surface area contributed by atoms with Gasteiger partial charge in [-0.15, -0.1) is 0 Å². The Morgan fingerprint density at radius 3 is 2.25 bits per heavy atom. The molecule has 0 bridgehead atoms. The van der Waals surface area contributed by atoms with Gasteiger partial charge in [0.25, 0.3) is 0 Å². The van der Waals surface area contributed by atoms with E-state index in [0.717, 1.165) is 12.0 Å². The van der Waals surface area contributed by atoms with Gasteiger partial charge in [-0.3, -0.25) is 0 Å². The molecule has 0 spiro atoms. The number of hydrogen-bond acceptors (Lipinski definition) is 4. The fourth-order valence-corrected chi connectivity index (χ4v) is 1.69. The minimum atomic E-state index is -0.494. The highest BCUT2D eigenvalue weighted by atomic mass is 16.5. The Bertz CT molecular complexity index is 477. The molecule has 4 nitrogen and oxygen atoms in total. The Labute approximate surface area is 120 Å². The van der Waals surface area contributed by atoms with Crippen LogP contribution >= 0.6 is 0 Å². The molecule has 0 N–H and O–H groups in total. The summed E-state index contributed by atoms with van der Waals surface area (Å²) in [5.74, 6) is -0.719. The first kappa shape index (κ1) is 16.2. The van der Waals surface area contributed by atoms with Crippen LogP contribution in [0.15, 0.2) is 18.2 Å². The van der Waals surface area contributed by atoms with Gasteiger partial charge in [-0.1, -0.05) is 26.8 Å². The molecule has 0 atom stereocenters. The van der Waals surface area contributed by atoms with E-state index in [1.807, 2.05) is 26.8 Å². The van der Waals surface area contributed by atoms with Crippen molar-refractivity contribution in [3.63, 3.8) is 0 Å². The summed E-state index contributed by atoms with van der Waals surface area (Å²) < 4.78 is 10.2. The molecule has 0 amide bonds. The maximum atomic E-state index is 12.1. The maximum Gasteiger partial charge on any atom is 0.339 e. The topological polar surface area (TPSA) is 52.6 Å². The largest absolute Gasteiger partial charge is 0.462 e. The molecule has 0 heterocycles. The first-order chi connectivity index (χ1) is 9.49. The predicted octanol–water partition coefficient (Wildman–Crippen LogP) is 3.24. The van der Waals surface area contributed by atoms with Crippen LogP contribution < -0.4 is 0 Å². The summed E-state index contributed by atoms with van der Waals surface area (Å²) in [7, 11) is 0. The van der Waals surface area contributed by atoms with Gasteiger partial charge in [0.1, 0.15) is 0 Å². The molecule has 20 heavy (non-hydrogen) atoms. The molecule has 0 aromatic heterocycles. The van der Waals surface area contributed by atoms with E-state index in [1.165, 1.54) is 0 Å². The molecule has 0 saturated heterocycles. The summed E-state index contributed by atoms with van der Waals surface area (Å²) in [6.07, 6.45) is 0.785. The molecular weight excluding hydrogens is 256 g/mol. The molecule has 110 valence electrons. The summed E-state index contributed by atoms with van der Waals surface area (Å²) in [5.41, 5.74) is 1.52.